The van der Waals surface area contributed by atoms with Crippen LogP contribution in [0.2, 0.25) is 0 Å². The molecule has 0 aliphatic heterocycles. The summed E-state index contributed by atoms with van der Waals surface area (Å²) in [6.07, 6.45) is 6.64. The van der Waals surface area contributed by atoms with Gasteiger partial charge in [-0.25, -0.2) is 9.97 Å². The Morgan fingerprint density at radius 3 is 2.61 bits per heavy atom. The maximum Gasteiger partial charge on any atom is 0.214 e. The third kappa shape index (κ3) is 1.69. The van der Waals surface area contributed by atoms with Gasteiger partial charge in [0.05, 0.1) is 5.56 Å². The number of aromatic nitrogens is 4. The normalized spacial score (nSPS) is 10.4. The molecular formula is C12H9N5O. The van der Waals surface area contributed by atoms with Crippen molar-refractivity contribution in [1.82, 2.24) is 20.1 Å². The van der Waals surface area contributed by atoms with E-state index in [1.54, 1.807) is 30.9 Å². The summed E-state index contributed by atoms with van der Waals surface area (Å²) in [5.41, 5.74) is 7.30. The highest BCUT2D eigenvalue weighted by atomic mass is 16.5. The molecule has 0 radical (unpaired) electrons. The van der Waals surface area contributed by atoms with Crippen LogP contribution in [0.1, 0.15) is 0 Å². The lowest BCUT2D eigenvalue weighted by molar-refractivity contribution is 0.433. The van der Waals surface area contributed by atoms with Gasteiger partial charge in [0.25, 0.3) is 0 Å². The van der Waals surface area contributed by atoms with Crippen LogP contribution in [0.3, 0.4) is 0 Å². The molecular weight excluding hydrogens is 230 g/mol. The zero-order valence-electron chi connectivity index (χ0n) is 9.32. The standard InChI is InChI=1S/C12H9N5O/c13-11-9(8-3-1-4-14-7-8)10(18-17-11)12-15-5-2-6-16-12/h1-7H,(H2,13,17). The number of nitrogens with zero attached hydrogens (tertiary/aromatic N) is 4. The molecule has 0 atom stereocenters. The number of hydrogen-bond donors (Lipinski definition) is 1. The first-order valence-corrected chi connectivity index (χ1v) is 5.29. The van der Waals surface area contributed by atoms with Crippen molar-refractivity contribution in [3.05, 3.63) is 43.0 Å². The summed E-state index contributed by atoms with van der Waals surface area (Å²) in [7, 11) is 0. The third-order valence-corrected chi connectivity index (χ3v) is 2.44. The van der Waals surface area contributed by atoms with E-state index in [-0.39, 0.29) is 0 Å². The highest BCUT2D eigenvalue weighted by Gasteiger charge is 2.19. The van der Waals surface area contributed by atoms with E-state index in [2.05, 4.69) is 20.1 Å². The number of hydrogen-bond acceptors (Lipinski definition) is 6. The van der Waals surface area contributed by atoms with Crippen LogP contribution in [0.4, 0.5) is 5.82 Å². The van der Waals surface area contributed by atoms with Crippen LogP contribution < -0.4 is 5.73 Å². The Labute approximate surface area is 103 Å². The highest BCUT2D eigenvalue weighted by molar-refractivity contribution is 5.83. The minimum Gasteiger partial charge on any atom is -0.380 e. The summed E-state index contributed by atoms with van der Waals surface area (Å²) in [5.74, 6) is 1.19. The Bertz CT molecular complexity index is 651. The molecule has 3 aromatic rings. The van der Waals surface area contributed by atoms with Crippen LogP contribution in [0.25, 0.3) is 22.7 Å². The van der Waals surface area contributed by atoms with Gasteiger partial charge in [0.15, 0.2) is 11.6 Å². The molecule has 0 spiro atoms. The highest BCUT2D eigenvalue weighted by Crippen LogP contribution is 2.34. The predicted molar refractivity (Wildman–Crippen MR) is 65.2 cm³/mol. The van der Waals surface area contributed by atoms with E-state index in [0.29, 0.717) is 23.0 Å². The molecule has 0 amide bonds. The first-order chi connectivity index (χ1) is 8.86. The second kappa shape index (κ2) is 4.25. The van der Waals surface area contributed by atoms with Crippen LogP contribution in [-0.2, 0) is 0 Å². The van der Waals surface area contributed by atoms with Crippen molar-refractivity contribution in [2.24, 2.45) is 0 Å². The molecule has 88 valence electrons. The van der Waals surface area contributed by atoms with E-state index in [4.69, 9.17) is 10.3 Å². The number of rotatable bonds is 2. The molecule has 18 heavy (non-hydrogen) atoms. The maximum absolute atomic E-state index is 5.82. The summed E-state index contributed by atoms with van der Waals surface area (Å²) in [6, 6.07) is 5.42. The van der Waals surface area contributed by atoms with Crippen molar-refractivity contribution in [3.8, 4) is 22.7 Å². The Balaban J connectivity index is 2.19. The number of nitrogen functional groups attached to an aromatic ring is 1. The first kappa shape index (κ1) is 10.4. The summed E-state index contributed by atoms with van der Waals surface area (Å²) < 4.78 is 5.21. The van der Waals surface area contributed by atoms with Gasteiger partial charge in [0.2, 0.25) is 5.76 Å². The van der Waals surface area contributed by atoms with E-state index in [1.165, 1.54) is 0 Å². The zero-order chi connectivity index (χ0) is 12.4. The van der Waals surface area contributed by atoms with Crippen molar-refractivity contribution in [3.63, 3.8) is 0 Å². The van der Waals surface area contributed by atoms with Crippen molar-refractivity contribution >= 4 is 5.82 Å². The molecule has 0 unspecified atom stereocenters. The quantitative estimate of drug-likeness (QED) is 0.732. The van der Waals surface area contributed by atoms with E-state index in [0.717, 1.165) is 5.56 Å². The Morgan fingerprint density at radius 2 is 1.89 bits per heavy atom. The van der Waals surface area contributed by atoms with Gasteiger partial charge in [-0.1, -0.05) is 11.2 Å². The third-order valence-electron chi connectivity index (χ3n) is 2.44. The number of anilines is 1. The van der Waals surface area contributed by atoms with Crippen molar-refractivity contribution in [2.75, 3.05) is 5.73 Å². The second-order valence-corrected chi connectivity index (χ2v) is 3.59. The van der Waals surface area contributed by atoms with Crippen LogP contribution in [0, 0.1) is 0 Å². The molecule has 0 fully saturated rings. The molecule has 3 rings (SSSR count). The lowest BCUT2D eigenvalue weighted by Crippen LogP contribution is -1.91. The molecule has 0 saturated heterocycles. The van der Waals surface area contributed by atoms with Crippen LogP contribution in [0.5, 0.6) is 0 Å². The topological polar surface area (TPSA) is 90.7 Å². The smallest absolute Gasteiger partial charge is 0.214 e. The van der Waals surface area contributed by atoms with Crippen molar-refractivity contribution in [2.45, 2.75) is 0 Å². The Morgan fingerprint density at radius 1 is 1.06 bits per heavy atom. The minimum absolute atomic E-state index is 0.297. The molecule has 6 heteroatoms. The van der Waals surface area contributed by atoms with E-state index < -0.39 is 0 Å². The fourth-order valence-electron chi connectivity index (χ4n) is 1.66. The largest absolute Gasteiger partial charge is 0.380 e. The molecule has 3 aromatic heterocycles. The van der Waals surface area contributed by atoms with E-state index in [9.17, 15) is 0 Å². The Hall–Kier alpha value is -2.76. The zero-order valence-corrected chi connectivity index (χ0v) is 9.32. The first-order valence-electron chi connectivity index (χ1n) is 5.29. The molecule has 6 nitrogen and oxygen atoms in total. The lowest BCUT2D eigenvalue weighted by atomic mass is 10.1. The van der Waals surface area contributed by atoms with Gasteiger partial charge in [-0.2, -0.15) is 0 Å². The molecule has 0 aliphatic carbocycles. The SMILES string of the molecule is Nc1noc(-c2ncccn2)c1-c1cccnc1. The summed E-state index contributed by atoms with van der Waals surface area (Å²) in [6.45, 7) is 0. The molecule has 0 aliphatic rings. The van der Waals surface area contributed by atoms with Gasteiger partial charge in [-0.15, -0.1) is 0 Å². The molecule has 0 saturated carbocycles. The lowest BCUT2D eigenvalue weighted by Gasteiger charge is -2.00. The summed E-state index contributed by atoms with van der Waals surface area (Å²) in [5, 5.41) is 3.76. The van der Waals surface area contributed by atoms with Gasteiger partial charge >= 0.3 is 0 Å². The molecule has 0 bridgehead atoms. The van der Waals surface area contributed by atoms with Gasteiger partial charge in [-0.05, 0) is 12.1 Å². The molecule has 0 aromatic carbocycles. The Kier molecular flexibility index (Phi) is 2.45. The summed E-state index contributed by atoms with van der Waals surface area (Å²) >= 11 is 0. The minimum atomic E-state index is 0.297. The van der Waals surface area contributed by atoms with Crippen LogP contribution in [0.15, 0.2) is 47.5 Å². The molecule has 3 heterocycles. The fraction of sp³-hybridized carbons (Fsp3) is 0. The van der Waals surface area contributed by atoms with Crippen molar-refractivity contribution < 1.29 is 4.52 Å². The molecule has 2 N–H and O–H groups in total. The number of nitrogens with two attached hydrogens (primary N) is 1. The monoisotopic (exact) mass is 239 g/mol. The van der Waals surface area contributed by atoms with Crippen LogP contribution >= 0.6 is 0 Å². The van der Waals surface area contributed by atoms with E-state index >= 15 is 0 Å². The second-order valence-electron chi connectivity index (χ2n) is 3.59. The number of pyridine rings is 1. The van der Waals surface area contributed by atoms with Gasteiger partial charge in [0, 0.05) is 30.4 Å². The average molecular weight is 239 g/mol. The van der Waals surface area contributed by atoms with Gasteiger partial charge in [-0.3, -0.25) is 4.98 Å². The van der Waals surface area contributed by atoms with Crippen molar-refractivity contribution in [1.29, 1.82) is 0 Å². The van der Waals surface area contributed by atoms with E-state index in [1.807, 2.05) is 12.1 Å². The van der Waals surface area contributed by atoms with Gasteiger partial charge in [0.1, 0.15) is 0 Å². The predicted octanol–water partition coefficient (Wildman–Crippen LogP) is 1.78. The maximum atomic E-state index is 5.82. The average Bonchev–Trinajstić information content (AvgIpc) is 2.83. The fourth-order valence-corrected chi connectivity index (χ4v) is 1.66. The van der Waals surface area contributed by atoms with Crippen LogP contribution in [-0.4, -0.2) is 20.1 Å². The van der Waals surface area contributed by atoms with Gasteiger partial charge < -0.3 is 10.3 Å². The summed E-state index contributed by atoms with van der Waals surface area (Å²) in [4.78, 5) is 12.3.